The van der Waals surface area contributed by atoms with Crippen LogP contribution in [0.15, 0.2) is 6.07 Å². The molecule has 0 N–H and O–H groups in total. The average molecular weight is 237 g/mol. The van der Waals surface area contributed by atoms with Gasteiger partial charge < -0.3 is 9.47 Å². The molecule has 0 atom stereocenters. The summed E-state index contributed by atoms with van der Waals surface area (Å²) in [6.07, 6.45) is 2.44. The van der Waals surface area contributed by atoms with Gasteiger partial charge in [-0.3, -0.25) is 9.69 Å². The fourth-order valence-corrected chi connectivity index (χ4v) is 1.74. The molecule has 6 nitrogen and oxygen atoms in total. The molecule has 17 heavy (non-hydrogen) atoms. The quantitative estimate of drug-likeness (QED) is 0.785. The van der Waals surface area contributed by atoms with E-state index in [4.69, 9.17) is 9.47 Å². The molecule has 1 saturated heterocycles. The first-order chi connectivity index (χ1) is 8.24. The molecule has 1 aliphatic rings. The second-order valence-electron chi connectivity index (χ2n) is 3.76. The van der Waals surface area contributed by atoms with Crippen molar-refractivity contribution in [3.05, 3.63) is 6.07 Å². The lowest BCUT2D eigenvalue weighted by molar-refractivity contribution is -0.119. The molecule has 0 unspecified atom stereocenters. The van der Waals surface area contributed by atoms with Crippen molar-refractivity contribution in [2.75, 3.05) is 25.7 Å². The maximum absolute atomic E-state index is 11.8. The van der Waals surface area contributed by atoms with Gasteiger partial charge in [-0.15, -0.1) is 0 Å². The van der Waals surface area contributed by atoms with Gasteiger partial charge in [0.1, 0.15) is 0 Å². The molecule has 1 aromatic rings. The molecule has 0 aliphatic carbocycles. The van der Waals surface area contributed by atoms with Gasteiger partial charge in [0, 0.05) is 13.0 Å². The molecule has 1 aromatic heterocycles. The van der Waals surface area contributed by atoms with Gasteiger partial charge >= 0.3 is 0 Å². The predicted molar refractivity (Wildman–Crippen MR) is 61.3 cm³/mol. The molecule has 0 aromatic carbocycles. The van der Waals surface area contributed by atoms with Crippen molar-refractivity contribution in [2.45, 2.75) is 19.3 Å². The van der Waals surface area contributed by atoms with Crippen LogP contribution in [0.1, 0.15) is 19.3 Å². The van der Waals surface area contributed by atoms with Crippen molar-refractivity contribution < 1.29 is 14.3 Å². The third kappa shape index (κ3) is 2.46. The van der Waals surface area contributed by atoms with E-state index < -0.39 is 0 Å². The van der Waals surface area contributed by atoms with E-state index in [9.17, 15) is 4.79 Å². The van der Waals surface area contributed by atoms with Crippen molar-refractivity contribution in [2.24, 2.45) is 0 Å². The lowest BCUT2D eigenvalue weighted by atomic mass is 10.1. The predicted octanol–water partition coefficient (Wildman–Crippen LogP) is 1.01. The van der Waals surface area contributed by atoms with Gasteiger partial charge in [0.15, 0.2) is 0 Å². The van der Waals surface area contributed by atoms with E-state index >= 15 is 0 Å². The van der Waals surface area contributed by atoms with Crippen LogP contribution in [0.5, 0.6) is 11.8 Å². The molecule has 0 saturated carbocycles. The second kappa shape index (κ2) is 4.99. The van der Waals surface area contributed by atoms with Crippen molar-refractivity contribution >= 4 is 11.9 Å². The summed E-state index contributed by atoms with van der Waals surface area (Å²) in [6, 6.07) is 1.58. The summed E-state index contributed by atoms with van der Waals surface area (Å²) in [5, 5.41) is 0. The van der Waals surface area contributed by atoms with Gasteiger partial charge in [0.05, 0.1) is 20.3 Å². The molecule has 0 bridgehead atoms. The Morgan fingerprint density at radius 3 is 2.35 bits per heavy atom. The van der Waals surface area contributed by atoms with Crippen molar-refractivity contribution in [3.8, 4) is 11.8 Å². The number of ether oxygens (including phenoxy) is 2. The molecule has 1 aliphatic heterocycles. The maximum Gasteiger partial charge on any atom is 0.238 e. The van der Waals surface area contributed by atoms with Crippen LogP contribution in [-0.2, 0) is 4.79 Å². The number of anilines is 1. The fraction of sp³-hybridized carbons (Fsp3) is 0.545. The van der Waals surface area contributed by atoms with Crippen molar-refractivity contribution in [1.82, 2.24) is 9.97 Å². The number of hydrogen-bond acceptors (Lipinski definition) is 5. The number of nitrogens with zero attached hydrogens (tertiary/aromatic N) is 3. The third-order valence-electron chi connectivity index (χ3n) is 2.65. The van der Waals surface area contributed by atoms with Crippen molar-refractivity contribution in [1.29, 1.82) is 0 Å². The smallest absolute Gasteiger partial charge is 0.238 e. The average Bonchev–Trinajstić information content (AvgIpc) is 2.38. The van der Waals surface area contributed by atoms with Crippen LogP contribution in [-0.4, -0.2) is 36.6 Å². The Hall–Kier alpha value is -1.85. The van der Waals surface area contributed by atoms with E-state index in [0.717, 1.165) is 12.8 Å². The van der Waals surface area contributed by atoms with Gasteiger partial charge in [-0.05, 0) is 12.8 Å². The maximum atomic E-state index is 11.8. The number of amides is 1. The molecule has 2 rings (SSSR count). The zero-order valence-electron chi connectivity index (χ0n) is 9.97. The largest absolute Gasteiger partial charge is 0.481 e. The van der Waals surface area contributed by atoms with Gasteiger partial charge in [0.2, 0.25) is 23.6 Å². The first-order valence-electron chi connectivity index (χ1n) is 5.52. The monoisotopic (exact) mass is 237 g/mol. The SMILES string of the molecule is COc1cc(OC)nc(N2CCCCC2=O)n1. The van der Waals surface area contributed by atoms with Gasteiger partial charge in [-0.1, -0.05) is 0 Å². The molecular formula is C11H15N3O3. The lowest BCUT2D eigenvalue weighted by Gasteiger charge is -2.24. The van der Waals surface area contributed by atoms with Crippen LogP contribution in [0.3, 0.4) is 0 Å². The number of rotatable bonds is 3. The Morgan fingerprint density at radius 1 is 1.18 bits per heavy atom. The van der Waals surface area contributed by atoms with E-state index in [1.807, 2.05) is 0 Å². The zero-order chi connectivity index (χ0) is 12.3. The molecule has 0 radical (unpaired) electrons. The van der Waals surface area contributed by atoms with E-state index in [0.29, 0.717) is 30.7 Å². The van der Waals surface area contributed by atoms with Crippen LogP contribution in [0, 0.1) is 0 Å². The minimum atomic E-state index is 0.0477. The summed E-state index contributed by atoms with van der Waals surface area (Å²) < 4.78 is 10.1. The number of aromatic nitrogens is 2. The van der Waals surface area contributed by atoms with Crippen LogP contribution >= 0.6 is 0 Å². The fourth-order valence-electron chi connectivity index (χ4n) is 1.74. The number of hydrogen-bond donors (Lipinski definition) is 0. The molecule has 6 heteroatoms. The standard InChI is InChI=1S/C11H15N3O3/c1-16-8-7-9(17-2)13-11(12-8)14-6-4-3-5-10(14)15/h7H,3-6H2,1-2H3. The Kier molecular flexibility index (Phi) is 3.41. The highest BCUT2D eigenvalue weighted by molar-refractivity contribution is 5.92. The summed E-state index contributed by atoms with van der Waals surface area (Å²) in [4.78, 5) is 21.7. The summed E-state index contributed by atoms with van der Waals surface area (Å²) in [5.74, 6) is 1.19. The minimum Gasteiger partial charge on any atom is -0.481 e. The Bertz CT molecular complexity index is 400. The Morgan fingerprint density at radius 2 is 1.82 bits per heavy atom. The number of methoxy groups -OCH3 is 2. The Balaban J connectivity index is 2.32. The highest BCUT2D eigenvalue weighted by atomic mass is 16.5. The van der Waals surface area contributed by atoms with Crippen LogP contribution in [0.25, 0.3) is 0 Å². The molecule has 1 amide bonds. The zero-order valence-corrected chi connectivity index (χ0v) is 9.97. The summed E-state index contributed by atoms with van der Waals surface area (Å²) >= 11 is 0. The second-order valence-corrected chi connectivity index (χ2v) is 3.76. The van der Waals surface area contributed by atoms with Gasteiger partial charge in [0.25, 0.3) is 0 Å². The lowest BCUT2D eigenvalue weighted by Crippen LogP contribution is -2.36. The summed E-state index contributed by atoms with van der Waals surface area (Å²) in [6.45, 7) is 0.648. The molecule has 1 fully saturated rings. The number of carbonyl (C=O) groups is 1. The minimum absolute atomic E-state index is 0.0477. The highest BCUT2D eigenvalue weighted by Crippen LogP contribution is 2.23. The van der Waals surface area contributed by atoms with E-state index in [2.05, 4.69) is 9.97 Å². The van der Waals surface area contributed by atoms with Gasteiger partial charge in [-0.2, -0.15) is 9.97 Å². The molecule has 92 valence electrons. The normalized spacial score (nSPS) is 15.9. The van der Waals surface area contributed by atoms with E-state index in [-0.39, 0.29) is 5.91 Å². The van der Waals surface area contributed by atoms with E-state index in [1.165, 1.54) is 14.2 Å². The number of carbonyl (C=O) groups excluding carboxylic acids is 1. The number of piperidine rings is 1. The van der Waals surface area contributed by atoms with E-state index in [1.54, 1.807) is 11.0 Å². The summed E-state index contributed by atoms with van der Waals surface area (Å²) in [5.41, 5.74) is 0. The molecule has 2 heterocycles. The molecule has 0 spiro atoms. The highest BCUT2D eigenvalue weighted by Gasteiger charge is 2.23. The van der Waals surface area contributed by atoms with Crippen LogP contribution in [0.4, 0.5) is 5.95 Å². The first kappa shape index (κ1) is 11.6. The van der Waals surface area contributed by atoms with Crippen molar-refractivity contribution in [3.63, 3.8) is 0 Å². The Labute approximate surface area is 99.6 Å². The van der Waals surface area contributed by atoms with Crippen LogP contribution < -0.4 is 14.4 Å². The topological polar surface area (TPSA) is 64.6 Å². The first-order valence-corrected chi connectivity index (χ1v) is 5.52. The third-order valence-corrected chi connectivity index (χ3v) is 2.65. The molecular weight excluding hydrogens is 222 g/mol. The van der Waals surface area contributed by atoms with Gasteiger partial charge in [-0.25, -0.2) is 0 Å². The summed E-state index contributed by atoms with van der Waals surface area (Å²) in [7, 11) is 3.03. The van der Waals surface area contributed by atoms with Crippen LogP contribution in [0.2, 0.25) is 0 Å².